The van der Waals surface area contributed by atoms with Crippen molar-refractivity contribution in [1.82, 2.24) is 0 Å². The van der Waals surface area contributed by atoms with Crippen molar-refractivity contribution in [2.75, 3.05) is 0 Å². The summed E-state index contributed by atoms with van der Waals surface area (Å²) in [4.78, 5) is 25.5. The third-order valence-electron chi connectivity index (χ3n) is 2.11. The number of nitrogens with zero attached hydrogens (tertiary/aromatic N) is 1. The molecule has 1 unspecified atom stereocenters. The average Bonchev–Trinajstić information content (AvgIpc) is 2.13. The number of primary sulfonamides is 1. The van der Waals surface area contributed by atoms with E-state index in [9.17, 15) is 18.0 Å². The highest BCUT2D eigenvalue weighted by Gasteiger charge is 2.34. The summed E-state index contributed by atoms with van der Waals surface area (Å²) >= 11 is 5.70. The number of carbonyl (C=O) groups excluding carboxylic acids is 2. The lowest BCUT2D eigenvalue weighted by Gasteiger charge is -2.19. The zero-order chi connectivity index (χ0) is 12.8. The molecular weight excluding hydrogens is 272 g/mol. The second kappa shape index (κ2) is 3.76. The lowest BCUT2D eigenvalue weighted by Crippen LogP contribution is -2.34. The molecule has 90 valence electrons. The van der Waals surface area contributed by atoms with Crippen LogP contribution in [-0.2, 0) is 19.6 Å². The Balaban J connectivity index is 2.57. The van der Waals surface area contributed by atoms with Crippen LogP contribution in [0.25, 0.3) is 0 Å². The Morgan fingerprint density at radius 1 is 1.41 bits per heavy atom. The van der Waals surface area contributed by atoms with Crippen LogP contribution >= 0.6 is 11.6 Å². The molecule has 9 heteroatoms. The number of sulfonamides is 1. The monoisotopic (exact) mass is 276 g/mol. The quantitative estimate of drug-likeness (QED) is 0.527. The van der Waals surface area contributed by atoms with E-state index < -0.39 is 27.3 Å². The molecule has 17 heavy (non-hydrogen) atoms. The molecule has 1 amide bonds. The van der Waals surface area contributed by atoms with E-state index in [1.165, 1.54) is 0 Å². The third kappa shape index (κ3) is 2.14. The van der Waals surface area contributed by atoms with Crippen LogP contribution in [0.15, 0.2) is 27.7 Å². The topological polar surface area (TPSA) is 116 Å². The predicted octanol–water partition coefficient (Wildman–Crippen LogP) is -0.176. The molecule has 0 aromatic carbocycles. The first-order chi connectivity index (χ1) is 7.79. The number of halogens is 1. The molecule has 0 radical (unpaired) electrons. The molecular formula is C8H5ClN2O5S. The first kappa shape index (κ1) is 12.0. The van der Waals surface area contributed by atoms with Gasteiger partial charge in [-0.3, -0.25) is 0 Å². The van der Waals surface area contributed by atoms with Crippen LogP contribution in [0, 0.1) is 0 Å². The molecule has 2 rings (SSSR count). The first-order valence-electron chi connectivity index (χ1n) is 4.25. The van der Waals surface area contributed by atoms with Gasteiger partial charge in [0.15, 0.2) is 0 Å². The Labute approximate surface area is 101 Å². The largest absolute Gasteiger partial charge is 0.442 e. The van der Waals surface area contributed by atoms with E-state index in [1.54, 1.807) is 0 Å². The molecule has 2 N–H and O–H groups in total. The normalized spacial score (nSPS) is 24.4. The van der Waals surface area contributed by atoms with E-state index in [2.05, 4.69) is 9.73 Å². The Kier molecular flexibility index (Phi) is 2.64. The number of cyclic esters (lactones) is 2. The number of aliphatic imine (C=N–C) groups is 1. The zero-order valence-electron chi connectivity index (χ0n) is 8.08. The minimum Gasteiger partial charge on any atom is -0.371 e. The van der Waals surface area contributed by atoms with Crippen LogP contribution in [0.5, 0.6) is 0 Å². The molecule has 1 atom stereocenters. The average molecular weight is 277 g/mol. The van der Waals surface area contributed by atoms with Gasteiger partial charge in [-0.1, -0.05) is 11.6 Å². The van der Waals surface area contributed by atoms with Gasteiger partial charge in [0.1, 0.15) is 5.25 Å². The molecule has 0 aromatic heterocycles. The molecule has 0 fully saturated rings. The fraction of sp³-hybridized carbons (Fsp3) is 0.125. The second-order valence-electron chi connectivity index (χ2n) is 3.27. The van der Waals surface area contributed by atoms with Crippen molar-refractivity contribution in [1.29, 1.82) is 0 Å². The van der Waals surface area contributed by atoms with Crippen LogP contribution in [0.2, 0.25) is 0 Å². The number of esters is 1. The second-order valence-corrected chi connectivity index (χ2v) is 5.39. The van der Waals surface area contributed by atoms with Gasteiger partial charge < -0.3 is 4.74 Å². The standard InChI is InChI=1S/C8H5ClN2O5S/c9-4-2-5-3(1-6(4)17(10,14)15)7(12)16-8(13)11-5/h1-2,6H,(H2,10,14,15). The lowest BCUT2D eigenvalue weighted by molar-refractivity contribution is -0.132. The van der Waals surface area contributed by atoms with Crippen molar-refractivity contribution in [3.63, 3.8) is 0 Å². The maximum absolute atomic E-state index is 11.3. The van der Waals surface area contributed by atoms with Crippen molar-refractivity contribution < 1.29 is 22.7 Å². The molecule has 2 aliphatic rings. The molecule has 1 aliphatic heterocycles. The van der Waals surface area contributed by atoms with Crippen LogP contribution < -0.4 is 5.14 Å². The van der Waals surface area contributed by atoms with E-state index in [1.807, 2.05) is 0 Å². The van der Waals surface area contributed by atoms with Gasteiger partial charge in [-0.2, -0.15) is 4.99 Å². The molecule has 0 saturated heterocycles. The van der Waals surface area contributed by atoms with Gasteiger partial charge in [-0.15, -0.1) is 0 Å². The van der Waals surface area contributed by atoms with Gasteiger partial charge in [-0.05, 0) is 12.2 Å². The Morgan fingerprint density at radius 2 is 2.06 bits per heavy atom. The Hall–Kier alpha value is -1.51. The predicted molar refractivity (Wildman–Crippen MR) is 57.8 cm³/mol. The SMILES string of the molecule is NS(=O)(=O)C1C=C2C(=O)OC(=O)N=C2C=C1Cl. The van der Waals surface area contributed by atoms with Gasteiger partial charge in [0, 0.05) is 5.03 Å². The van der Waals surface area contributed by atoms with Crippen molar-refractivity contribution in [3.05, 3.63) is 22.8 Å². The summed E-state index contributed by atoms with van der Waals surface area (Å²) in [6.45, 7) is 0. The van der Waals surface area contributed by atoms with E-state index in [0.29, 0.717) is 0 Å². The molecule has 0 saturated carbocycles. The van der Waals surface area contributed by atoms with Crippen molar-refractivity contribution in [2.45, 2.75) is 5.25 Å². The fourth-order valence-corrected chi connectivity index (χ4v) is 2.63. The highest BCUT2D eigenvalue weighted by molar-refractivity contribution is 7.90. The Bertz CT molecular complexity index is 616. The van der Waals surface area contributed by atoms with Crippen LogP contribution in [0.1, 0.15) is 0 Å². The molecule has 0 bridgehead atoms. The maximum Gasteiger partial charge on any atom is 0.442 e. The molecule has 7 nitrogen and oxygen atoms in total. The summed E-state index contributed by atoms with van der Waals surface area (Å²) in [7, 11) is -3.99. The molecule has 1 heterocycles. The van der Waals surface area contributed by atoms with E-state index >= 15 is 0 Å². The Morgan fingerprint density at radius 3 is 2.65 bits per heavy atom. The lowest BCUT2D eigenvalue weighted by atomic mass is 10.0. The number of rotatable bonds is 1. The summed E-state index contributed by atoms with van der Waals surface area (Å²) in [5.74, 6) is -0.978. The molecule has 0 spiro atoms. The van der Waals surface area contributed by atoms with Crippen molar-refractivity contribution >= 4 is 39.4 Å². The summed E-state index contributed by atoms with van der Waals surface area (Å²) in [6.07, 6.45) is 1.03. The van der Waals surface area contributed by atoms with E-state index in [-0.39, 0.29) is 16.3 Å². The van der Waals surface area contributed by atoms with Crippen molar-refractivity contribution in [2.24, 2.45) is 10.1 Å². The first-order valence-corrected chi connectivity index (χ1v) is 6.23. The van der Waals surface area contributed by atoms with E-state index in [0.717, 1.165) is 12.2 Å². The minimum absolute atomic E-state index is 0.0313. The zero-order valence-corrected chi connectivity index (χ0v) is 9.66. The highest BCUT2D eigenvalue weighted by atomic mass is 35.5. The van der Waals surface area contributed by atoms with Crippen molar-refractivity contribution in [3.8, 4) is 0 Å². The summed E-state index contributed by atoms with van der Waals surface area (Å²) in [5.41, 5.74) is -0.177. The summed E-state index contributed by atoms with van der Waals surface area (Å²) in [5, 5.41) is 3.46. The number of hydrogen-bond donors (Lipinski definition) is 1. The van der Waals surface area contributed by atoms with Gasteiger partial charge in [0.05, 0.1) is 11.3 Å². The van der Waals surface area contributed by atoms with Crippen LogP contribution in [-0.4, -0.2) is 31.4 Å². The number of amides is 1. The number of ether oxygens (including phenoxy) is 1. The number of carbonyl (C=O) groups is 2. The van der Waals surface area contributed by atoms with Gasteiger partial charge in [-0.25, -0.2) is 23.1 Å². The minimum atomic E-state index is -3.99. The number of allylic oxidation sites excluding steroid dienone is 1. The number of hydrogen-bond acceptors (Lipinski definition) is 5. The van der Waals surface area contributed by atoms with Crippen LogP contribution in [0.3, 0.4) is 0 Å². The van der Waals surface area contributed by atoms with E-state index in [4.69, 9.17) is 16.7 Å². The van der Waals surface area contributed by atoms with Gasteiger partial charge >= 0.3 is 12.1 Å². The fourth-order valence-electron chi connectivity index (χ4n) is 1.38. The smallest absolute Gasteiger partial charge is 0.371 e. The maximum atomic E-state index is 11.3. The van der Waals surface area contributed by atoms with Crippen LogP contribution in [0.4, 0.5) is 4.79 Å². The summed E-state index contributed by atoms with van der Waals surface area (Å²) in [6, 6.07) is 0. The highest BCUT2D eigenvalue weighted by Crippen LogP contribution is 2.26. The number of fused-ring (bicyclic) bond motifs is 1. The summed E-state index contributed by atoms with van der Waals surface area (Å²) < 4.78 is 26.6. The third-order valence-corrected chi connectivity index (χ3v) is 3.68. The number of nitrogens with two attached hydrogens (primary N) is 1. The van der Waals surface area contributed by atoms with Gasteiger partial charge in [0.2, 0.25) is 10.0 Å². The molecule has 0 aromatic rings. The molecule has 1 aliphatic carbocycles. The van der Waals surface area contributed by atoms with Gasteiger partial charge in [0.25, 0.3) is 0 Å².